The fourth-order valence-corrected chi connectivity index (χ4v) is 4.40. The Morgan fingerprint density at radius 3 is 2.79 bits per heavy atom. The quantitative estimate of drug-likeness (QED) is 0.755. The maximum Gasteiger partial charge on any atom is 0.147 e. The van der Waals surface area contributed by atoms with Crippen molar-refractivity contribution in [1.29, 1.82) is 0 Å². The van der Waals surface area contributed by atoms with E-state index in [1.165, 1.54) is 0 Å². The molecule has 2 aliphatic heterocycles. The number of anilines is 1. The van der Waals surface area contributed by atoms with E-state index in [0.29, 0.717) is 0 Å². The van der Waals surface area contributed by atoms with Gasteiger partial charge in [0.1, 0.15) is 11.6 Å². The van der Waals surface area contributed by atoms with Crippen LogP contribution in [0.3, 0.4) is 0 Å². The third-order valence-corrected chi connectivity index (χ3v) is 5.88. The largest absolute Gasteiger partial charge is 0.372 e. The average molecular weight is 378 g/mol. The molecule has 0 radical (unpaired) electrons. The number of aromatic nitrogens is 4. The number of piperidine rings is 1. The highest BCUT2D eigenvalue weighted by atomic mass is 16.5. The second kappa shape index (κ2) is 7.14. The number of hydrogen-bond donors (Lipinski definition) is 1. The molecule has 1 spiro atoms. The SMILES string of the molecule is Cc1cncc(N2CCC3(CC2)CN(Cc2nc4ccccc4[nH]2)CCO3)n1. The molecular formula is C21H26N6O. The first kappa shape index (κ1) is 17.6. The summed E-state index contributed by atoms with van der Waals surface area (Å²) in [4.78, 5) is 21.9. The van der Waals surface area contributed by atoms with E-state index in [-0.39, 0.29) is 5.60 Å². The predicted octanol–water partition coefficient (Wildman–Crippen LogP) is 2.53. The first-order valence-corrected chi connectivity index (χ1v) is 10.0. The van der Waals surface area contributed by atoms with Crippen LogP contribution in [0.1, 0.15) is 24.4 Å². The second-order valence-electron chi connectivity index (χ2n) is 7.95. The molecule has 0 amide bonds. The van der Waals surface area contributed by atoms with E-state index in [2.05, 4.69) is 36.9 Å². The Morgan fingerprint density at radius 1 is 1.11 bits per heavy atom. The van der Waals surface area contributed by atoms with Gasteiger partial charge in [-0.05, 0) is 31.9 Å². The molecule has 7 heteroatoms. The summed E-state index contributed by atoms with van der Waals surface area (Å²) in [7, 11) is 0. The number of rotatable bonds is 3. The van der Waals surface area contributed by atoms with Crippen molar-refractivity contribution in [3.05, 3.63) is 48.2 Å². The molecule has 0 atom stereocenters. The van der Waals surface area contributed by atoms with Gasteiger partial charge in [-0.2, -0.15) is 0 Å². The van der Waals surface area contributed by atoms with E-state index in [9.17, 15) is 0 Å². The maximum absolute atomic E-state index is 6.31. The Kier molecular flexibility index (Phi) is 4.49. The van der Waals surface area contributed by atoms with Gasteiger partial charge in [-0.25, -0.2) is 9.97 Å². The Labute approximate surface area is 164 Å². The molecule has 0 saturated carbocycles. The molecule has 28 heavy (non-hydrogen) atoms. The monoisotopic (exact) mass is 378 g/mol. The van der Waals surface area contributed by atoms with Gasteiger partial charge in [0, 0.05) is 32.4 Å². The number of fused-ring (bicyclic) bond motifs is 1. The Bertz CT molecular complexity index is 929. The van der Waals surface area contributed by atoms with Crippen molar-refractivity contribution in [2.24, 2.45) is 0 Å². The number of nitrogens with one attached hydrogen (secondary N) is 1. The molecule has 0 unspecified atom stereocenters. The first-order chi connectivity index (χ1) is 13.7. The van der Waals surface area contributed by atoms with Crippen LogP contribution in [-0.2, 0) is 11.3 Å². The molecule has 2 aromatic heterocycles. The smallest absolute Gasteiger partial charge is 0.147 e. The molecule has 0 bridgehead atoms. The van der Waals surface area contributed by atoms with E-state index >= 15 is 0 Å². The number of aromatic amines is 1. The minimum absolute atomic E-state index is 0.0575. The topological polar surface area (TPSA) is 70.2 Å². The van der Waals surface area contributed by atoms with Crippen LogP contribution in [0.5, 0.6) is 0 Å². The Morgan fingerprint density at radius 2 is 1.96 bits per heavy atom. The van der Waals surface area contributed by atoms with Gasteiger partial charge in [-0.3, -0.25) is 9.88 Å². The van der Waals surface area contributed by atoms with Gasteiger partial charge >= 0.3 is 0 Å². The zero-order valence-electron chi connectivity index (χ0n) is 16.3. The molecule has 4 heterocycles. The number of hydrogen-bond acceptors (Lipinski definition) is 6. The summed E-state index contributed by atoms with van der Waals surface area (Å²) < 4.78 is 6.31. The normalized spacial score (nSPS) is 20.1. The van der Waals surface area contributed by atoms with Gasteiger partial charge in [0.15, 0.2) is 0 Å². The van der Waals surface area contributed by atoms with Crippen LogP contribution in [0.15, 0.2) is 36.7 Å². The summed E-state index contributed by atoms with van der Waals surface area (Å²) in [6.07, 6.45) is 5.69. The summed E-state index contributed by atoms with van der Waals surface area (Å²) in [5, 5.41) is 0. The summed E-state index contributed by atoms with van der Waals surface area (Å²) in [5.41, 5.74) is 3.04. The van der Waals surface area contributed by atoms with Crippen LogP contribution in [-0.4, -0.2) is 63.2 Å². The van der Waals surface area contributed by atoms with Crippen LogP contribution >= 0.6 is 0 Å². The molecule has 3 aromatic rings. The molecule has 7 nitrogen and oxygen atoms in total. The van der Waals surface area contributed by atoms with E-state index in [1.54, 1.807) is 6.20 Å². The summed E-state index contributed by atoms with van der Waals surface area (Å²) >= 11 is 0. The molecule has 2 aliphatic rings. The van der Waals surface area contributed by atoms with Gasteiger partial charge in [0.25, 0.3) is 0 Å². The van der Waals surface area contributed by atoms with E-state index < -0.39 is 0 Å². The molecule has 5 rings (SSSR count). The highest BCUT2D eigenvalue weighted by molar-refractivity contribution is 5.74. The second-order valence-corrected chi connectivity index (χ2v) is 7.95. The molecule has 1 N–H and O–H groups in total. The number of para-hydroxylation sites is 2. The minimum atomic E-state index is -0.0575. The Balaban J connectivity index is 1.24. The zero-order chi connectivity index (χ0) is 19.0. The molecule has 146 valence electrons. The van der Waals surface area contributed by atoms with Crippen LogP contribution in [0.25, 0.3) is 11.0 Å². The lowest BCUT2D eigenvalue weighted by atomic mass is 9.89. The van der Waals surface area contributed by atoms with Crippen molar-refractivity contribution < 1.29 is 4.74 Å². The molecule has 1 aromatic carbocycles. The highest BCUT2D eigenvalue weighted by Crippen LogP contribution is 2.32. The number of ether oxygens (including phenoxy) is 1. The average Bonchev–Trinajstić information content (AvgIpc) is 3.11. The minimum Gasteiger partial charge on any atom is -0.372 e. The molecule has 2 fully saturated rings. The number of nitrogens with zero attached hydrogens (tertiary/aromatic N) is 5. The van der Waals surface area contributed by atoms with Crippen LogP contribution < -0.4 is 4.90 Å². The molecule has 2 saturated heterocycles. The van der Waals surface area contributed by atoms with Crippen LogP contribution in [0.4, 0.5) is 5.82 Å². The zero-order valence-corrected chi connectivity index (χ0v) is 16.3. The van der Waals surface area contributed by atoms with Crippen molar-refractivity contribution in [2.75, 3.05) is 37.7 Å². The molecule has 0 aliphatic carbocycles. The first-order valence-electron chi connectivity index (χ1n) is 10.0. The van der Waals surface area contributed by atoms with E-state index in [4.69, 9.17) is 9.72 Å². The van der Waals surface area contributed by atoms with Crippen molar-refractivity contribution in [3.63, 3.8) is 0 Å². The Hall–Kier alpha value is -2.51. The third kappa shape index (κ3) is 3.47. The standard InChI is InChI=1S/C21H26N6O/c1-16-12-22-13-20(23-16)27-8-6-21(7-9-27)15-26(10-11-28-21)14-19-24-17-4-2-3-5-18(17)25-19/h2-5,12-13H,6-11,14-15H2,1H3,(H,24,25). The highest BCUT2D eigenvalue weighted by Gasteiger charge is 2.40. The summed E-state index contributed by atoms with van der Waals surface area (Å²) in [6.45, 7) is 7.43. The van der Waals surface area contributed by atoms with Crippen LogP contribution in [0.2, 0.25) is 0 Å². The predicted molar refractivity (Wildman–Crippen MR) is 108 cm³/mol. The van der Waals surface area contributed by atoms with Gasteiger partial charge in [-0.15, -0.1) is 0 Å². The molecular weight excluding hydrogens is 352 g/mol. The van der Waals surface area contributed by atoms with Gasteiger partial charge < -0.3 is 14.6 Å². The van der Waals surface area contributed by atoms with Crippen molar-refractivity contribution in [1.82, 2.24) is 24.8 Å². The number of imidazole rings is 1. The lowest BCUT2D eigenvalue weighted by Gasteiger charge is -2.47. The fourth-order valence-electron chi connectivity index (χ4n) is 4.40. The van der Waals surface area contributed by atoms with Crippen molar-refractivity contribution in [3.8, 4) is 0 Å². The van der Waals surface area contributed by atoms with Crippen LogP contribution in [0, 0.1) is 6.92 Å². The maximum atomic E-state index is 6.31. The van der Waals surface area contributed by atoms with Crippen molar-refractivity contribution in [2.45, 2.75) is 31.9 Å². The van der Waals surface area contributed by atoms with E-state index in [0.717, 1.165) is 80.5 Å². The fraction of sp³-hybridized carbons (Fsp3) is 0.476. The van der Waals surface area contributed by atoms with Gasteiger partial charge in [0.2, 0.25) is 0 Å². The summed E-state index contributed by atoms with van der Waals surface area (Å²) in [6, 6.07) is 8.21. The number of benzene rings is 1. The number of morpholine rings is 1. The van der Waals surface area contributed by atoms with E-state index in [1.807, 2.05) is 25.3 Å². The number of aryl methyl sites for hydroxylation is 1. The third-order valence-electron chi connectivity index (χ3n) is 5.88. The summed E-state index contributed by atoms with van der Waals surface area (Å²) in [5.74, 6) is 2.01. The van der Waals surface area contributed by atoms with Gasteiger partial charge in [-0.1, -0.05) is 12.1 Å². The lowest BCUT2D eigenvalue weighted by molar-refractivity contribution is -0.123. The van der Waals surface area contributed by atoms with Gasteiger partial charge in [0.05, 0.1) is 41.7 Å². The number of H-pyrrole nitrogens is 1. The van der Waals surface area contributed by atoms with Crippen molar-refractivity contribution >= 4 is 16.9 Å². The lowest BCUT2D eigenvalue weighted by Crippen LogP contribution is -2.56.